The fraction of sp³-hybridized carbons (Fsp3) is 0.391. The molecule has 0 N–H and O–H groups in total. The fourth-order valence-corrected chi connectivity index (χ4v) is 3.39. The van der Waals surface area contributed by atoms with Crippen LogP contribution in [0.2, 0.25) is 0 Å². The molecule has 166 valence electrons. The fourth-order valence-electron chi connectivity index (χ4n) is 3.39. The van der Waals surface area contributed by atoms with E-state index in [0.717, 1.165) is 29.2 Å². The molecule has 1 aliphatic heterocycles. The Morgan fingerprint density at radius 2 is 1.94 bits per heavy atom. The number of amides is 1. The molecule has 1 aliphatic rings. The summed E-state index contributed by atoms with van der Waals surface area (Å²) in [5.41, 5.74) is 1.33. The number of nitrogens with zero attached hydrogens (tertiary/aromatic N) is 2. The molecule has 0 radical (unpaired) electrons. The Bertz CT molecular complexity index is 940. The molecule has 3 rings (SSSR count). The predicted molar refractivity (Wildman–Crippen MR) is 111 cm³/mol. The summed E-state index contributed by atoms with van der Waals surface area (Å²) >= 11 is 0. The van der Waals surface area contributed by atoms with Crippen molar-refractivity contribution in [3.8, 4) is 5.75 Å². The predicted octanol–water partition coefficient (Wildman–Crippen LogP) is 4.89. The molecule has 0 bridgehead atoms. The molecule has 1 amide bonds. The minimum Gasteiger partial charge on any atom is -0.497 e. The molecule has 8 heteroatoms. The topological polar surface area (TPSA) is 51.1 Å². The number of carbonyl (C=O) groups excluding carboxylic acids is 1. The summed E-state index contributed by atoms with van der Waals surface area (Å²) in [6.07, 6.45) is -4.30. The number of hydrogen-bond acceptors (Lipinski definition) is 4. The maximum atomic E-state index is 13.0. The van der Waals surface area contributed by atoms with Crippen LogP contribution < -0.4 is 4.74 Å². The van der Waals surface area contributed by atoms with E-state index in [9.17, 15) is 18.0 Å². The lowest BCUT2D eigenvalue weighted by Gasteiger charge is -2.27. The Morgan fingerprint density at radius 1 is 1.23 bits per heavy atom. The van der Waals surface area contributed by atoms with E-state index in [1.165, 1.54) is 11.0 Å². The van der Waals surface area contributed by atoms with Crippen molar-refractivity contribution in [3.63, 3.8) is 0 Å². The number of hydrogen-bond donors (Lipinski definition) is 0. The maximum absolute atomic E-state index is 13.0. The van der Waals surface area contributed by atoms with Crippen LogP contribution >= 0.6 is 0 Å². The highest BCUT2D eigenvalue weighted by atomic mass is 19.4. The summed E-state index contributed by atoms with van der Waals surface area (Å²) in [4.78, 5) is 19.8. The standard InChI is InChI=1S/C23H25F3N2O3/c1-15(2)22(29)28(13-16-5-4-6-18(11-16)23(24,25)26)14-20-12-21(27-31-20)17-7-9-19(30-3)10-8-17/h4-11,15,20H,12-14H2,1-3H3. The van der Waals surface area contributed by atoms with E-state index in [4.69, 9.17) is 9.57 Å². The van der Waals surface area contributed by atoms with Gasteiger partial charge in [-0.15, -0.1) is 0 Å². The second-order valence-electron chi connectivity index (χ2n) is 7.77. The summed E-state index contributed by atoms with van der Waals surface area (Å²) in [5.74, 6) is 0.280. The summed E-state index contributed by atoms with van der Waals surface area (Å²) < 4.78 is 44.3. The molecule has 0 saturated carbocycles. The second kappa shape index (κ2) is 9.41. The largest absolute Gasteiger partial charge is 0.497 e. The normalized spacial score (nSPS) is 16.1. The first-order valence-corrected chi connectivity index (χ1v) is 9.99. The molecule has 0 fully saturated rings. The lowest BCUT2D eigenvalue weighted by molar-refractivity contribution is -0.137. The monoisotopic (exact) mass is 434 g/mol. The highest BCUT2D eigenvalue weighted by Gasteiger charge is 2.31. The number of oxime groups is 1. The van der Waals surface area contributed by atoms with Crippen LogP contribution in [-0.4, -0.2) is 36.3 Å². The van der Waals surface area contributed by atoms with Gasteiger partial charge in [-0.25, -0.2) is 0 Å². The van der Waals surface area contributed by atoms with Crippen molar-refractivity contribution >= 4 is 11.6 Å². The maximum Gasteiger partial charge on any atom is 0.416 e. The Morgan fingerprint density at radius 3 is 2.55 bits per heavy atom. The van der Waals surface area contributed by atoms with Gasteiger partial charge in [-0.3, -0.25) is 4.79 Å². The van der Waals surface area contributed by atoms with E-state index in [1.54, 1.807) is 27.0 Å². The summed E-state index contributed by atoms with van der Waals surface area (Å²) in [6.45, 7) is 3.82. The summed E-state index contributed by atoms with van der Waals surface area (Å²) in [7, 11) is 1.59. The van der Waals surface area contributed by atoms with Crippen molar-refractivity contribution in [1.82, 2.24) is 4.90 Å². The molecule has 1 unspecified atom stereocenters. The highest BCUT2D eigenvalue weighted by Crippen LogP contribution is 2.30. The number of rotatable bonds is 7. The molecular formula is C23H25F3N2O3. The van der Waals surface area contributed by atoms with E-state index in [0.29, 0.717) is 12.0 Å². The van der Waals surface area contributed by atoms with Crippen LogP contribution in [0.15, 0.2) is 53.7 Å². The quantitative estimate of drug-likeness (QED) is 0.623. The Kier molecular flexibility index (Phi) is 6.87. The molecule has 5 nitrogen and oxygen atoms in total. The number of carbonyl (C=O) groups is 1. The summed E-state index contributed by atoms with van der Waals surface area (Å²) in [5, 5.41) is 4.14. The van der Waals surface area contributed by atoms with Crippen LogP contribution in [0.4, 0.5) is 13.2 Å². The number of benzene rings is 2. The van der Waals surface area contributed by atoms with Gasteiger partial charge in [-0.05, 0) is 47.5 Å². The van der Waals surface area contributed by atoms with Gasteiger partial charge in [0.15, 0.2) is 6.10 Å². The third kappa shape index (κ3) is 5.77. The zero-order valence-corrected chi connectivity index (χ0v) is 17.6. The van der Waals surface area contributed by atoms with Crippen molar-refractivity contribution in [2.75, 3.05) is 13.7 Å². The van der Waals surface area contributed by atoms with Crippen molar-refractivity contribution in [3.05, 3.63) is 65.2 Å². The molecule has 1 atom stereocenters. The molecule has 2 aromatic rings. The van der Waals surface area contributed by atoms with E-state index < -0.39 is 11.7 Å². The Hall–Kier alpha value is -3.03. The first-order chi connectivity index (χ1) is 14.7. The average Bonchev–Trinajstić information content (AvgIpc) is 3.21. The number of ether oxygens (including phenoxy) is 1. The molecule has 0 saturated heterocycles. The van der Waals surface area contributed by atoms with Gasteiger partial charge >= 0.3 is 6.18 Å². The zero-order chi connectivity index (χ0) is 22.6. The van der Waals surface area contributed by atoms with Crippen LogP contribution in [0.25, 0.3) is 0 Å². The van der Waals surface area contributed by atoms with Gasteiger partial charge in [-0.2, -0.15) is 13.2 Å². The van der Waals surface area contributed by atoms with E-state index >= 15 is 0 Å². The smallest absolute Gasteiger partial charge is 0.416 e. The van der Waals surface area contributed by atoms with Gasteiger partial charge in [0.1, 0.15) is 5.75 Å². The van der Waals surface area contributed by atoms with Gasteiger partial charge in [0.05, 0.1) is 24.9 Å². The molecule has 0 aliphatic carbocycles. The van der Waals surface area contributed by atoms with Gasteiger partial charge in [0.25, 0.3) is 0 Å². The number of methoxy groups -OCH3 is 1. The third-order valence-electron chi connectivity index (χ3n) is 5.01. The number of alkyl halides is 3. The minimum absolute atomic E-state index is 0.0681. The molecule has 2 aromatic carbocycles. The van der Waals surface area contributed by atoms with E-state index in [2.05, 4.69) is 5.16 Å². The lowest BCUT2D eigenvalue weighted by atomic mass is 10.0. The average molecular weight is 434 g/mol. The van der Waals surface area contributed by atoms with Crippen LogP contribution in [0.3, 0.4) is 0 Å². The Labute approximate surface area is 179 Å². The zero-order valence-electron chi connectivity index (χ0n) is 17.6. The Balaban J connectivity index is 1.70. The highest BCUT2D eigenvalue weighted by molar-refractivity contribution is 6.01. The van der Waals surface area contributed by atoms with E-state index in [1.807, 2.05) is 24.3 Å². The SMILES string of the molecule is COc1ccc(C2=NOC(CN(Cc3cccc(C(F)(F)F)c3)C(=O)C(C)C)C2)cc1. The van der Waals surface area contributed by atoms with Gasteiger partial charge in [0.2, 0.25) is 5.91 Å². The van der Waals surface area contributed by atoms with Crippen LogP contribution in [-0.2, 0) is 22.4 Å². The van der Waals surface area contributed by atoms with Gasteiger partial charge < -0.3 is 14.5 Å². The first kappa shape index (κ1) is 22.7. The van der Waals surface area contributed by atoms with E-state index in [-0.39, 0.29) is 31.0 Å². The lowest BCUT2D eigenvalue weighted by Crippen LogP contribution is -2.39. The van der Waals surface area contributed by atoms with Crippen LogP contribution in [0.1, 0.15) is 37.0 Å². The molecular weight excluding hydrogens is 409 g/mol. The molecule has 31 heavy (non-hydrogen) atoms. The van der Waals surface area contributed by atoms with Crippen LogP contribution in [0, 0.1) is 5.92 Å². The third-order valence-corrected chi connectivity index (χ3v) is 5.01. The van der Waals surface area contributed by atoms with Crippen molar-refractivity contribution in [1.29, 1.82) is 0 Å². The van der Waals surface area contributed by atoms with Crippen LogP contribution in [0.5, 0.6) is 5.75 Å². The molecule has 1 heterocycles. The first-order valence-electron chi connectivity index (χ1n) is 9.99. The van der Waals surface area contributed by atoms with Gasteiger partial charge in [-0.1, -0.05) is 31.1 Å². The van der Waals surface area contributed by atoms with Gasteiger partial charge in [0, 0.05) is 18.9 Å². The minimum atomic E-state index is -4.43. The van der Waals surface area contributed by atoms with Crippen molar-refractivity contribution in [2.24, 2.45) is 11.1 Å². The second-order valence-corrected chi connectivity index (χ2v) is 7.77. The van der Waals surface area contributed by atoms with Crippen molar-refractivity contribution < 1.29 is 27.5 Å². The molecule has 0 aromatic heterocycles. The van der Waals surface area contributed by atoms with Crippen molar-refractivity contribution in [2.45, 2.75) is 39.1 Å². The summed E-state index contributed by atoms with van der Waals surface area (Å²) in [6, 6.07) is 12.5. The molecule has 0 spiro atoms. The number of halogens is 3.